The van der Waals surface area contributed by atoms with E-state index in [1.807, 2.05) is 11.8 Å². The van der Waals surface area contributed by atoms with Crippen molar-refractivity contribution in [3.05, 3.63) is 0 Å². The Hall–Kier alpha value is -0.610. The summed E-state index contributed by atoms with van der Waals surface area (Å²) in [6, 6.07) is -0.0585. The van der Waals surface area contributed by atoms with Gasteiger partial charge in [0.1, 0.15) is 0 Å². The Kier molecular flexibility index (Phi) is 4.35. The number of hydrogen-bond donors (Lipinski definition) is 1. The summed E-state index contributed by atoms with van der Waals surface area (Å²) in [5.41, 5.74) is 0. The molecule has 0 aliphatic carbocycles. The van der Waals surface area contributed by atoms with Crippen molar-refractivity contribution in [2.24, 2.45) is 5.92 Å². The summed E-state index contributed by atoms with van der Waals surface area (Å²) in [4.78, 5) is 13.7. The van der Waals surface area contributed by atoms with Crippen molar-refractivity contribution in [3.8, 4) is 0 Å². The molecule has 1 aliphatic heterocycles. The van der Waals surface area contributed by atoms with Gasteiger partial charge in [-0.05, 0) is 12.8 Å². The number of nitrogens with one attached hydrogen (secondary N) is 1. The Balaban J connectivity index is 2.54. The van der Waals surface area contributed by atoms with Crippen molar-refractivity contribution in [2.45, 2.75) is 19.9 Å². The van der Waals surface area contributed by atoms with Crippen LogP contribution in [0.25, 0.3) is 0 Å². The average molecular weight is 200 g/mol. The summed E-state index contributed by atoms with van der Waals surface area (Å²) in [5, 5.41) is 3.22. The lowest BCUT2D eigenvalue weighted by Crippen LogP contribution is -2.42. The predicted octanol–water partition coefficient (Wildman–Crippen LogP) is 0.0892. The van der Waals surface area contributed by atoms with Crippen molar-refractivity contribution in [3.63, 3.8) is 0 Å². The molecule has 0 aromatic heterocycles. The number of carbonyl (C=O) groups is 1. The SMILES string of the molecule is COCCN1CC(C)CNC(C)C1=O. The highest BCUT2D eigenvalue weighted by Gasteiger charge is 2.25. The molecule has 0 aromatic carbocycles. The predicted molar refractivity (Wildman–Crippen MR) is 55.1 cm³/mol. The molecule has 4 heteroatoms. The van der Waals surface area contributed by atoms with Crippen LogP contribution < -0.4 is 5.32 Å². The number of nitrogens with zero attached hydrogens (tertiary/aromatic N) is 1. The molecule has 1 rings (SSSR count). The number of hydrogen-bond acceptors (Lipinski definition) is 3. The van der Waals surface area contributed by atoms with Crippen LogP contribution in [-0.4, -0.2) is 50.2 Å². The zero-order valence-corrected chi connectivity index (χ0v) is 9.25. The largest absolute Gasteiger partial charge is 0.383 e. The van der Waals surface area contributed by atoms with E-state index < -0.39 is 0 Å². The molecule has 0 spiro atoms. The van der Waals surface area contributed by atoms with Gasteiger partial charge in [-0.25, -0.2) is 0 Å². The van der Waals surface area contributed by atoms with Crippen LogP contribution in [0.15, 0.2) is 0 Å². The molecule has 0 radical (unpaired) electrons. The first-order valence-corrected chi connectivity index (χ1v) is 5.16. The molecule has 1 N–H and O–H groups in total. The lowest BCUT2D eigenvalue weighted by atomic mass is 10.2. The summed E-state index contributed by atoms with van der Waals surface area (Å²) in [6.07, 6.45) is 0. The number of carbonyl (C=O) groups excluding carboxylic acids is 1. The molecule has 1 saturated heterocycles. The molecule has 82 valence electrons. The Morgan fingerprint density at radius 1 is 1.57 bits per heavy atom. The molecule has 1 amide bonds. The van der Waals surface area contributed by atoms with E-state index in [2.05, 4.69) is 12.2 Å². The van der Waals surface area contributed by atoms with Crippen molar-refractivity contribution >= 4 is 5.91 Å². The molecular weight excluding hydrogens is 180 g/mol. The molecule has 0 aromatic rings. The second kappa shape index (κ2) is 5.32. The van der Waals surface area contributed by atoms with Gasteiger partial charge in [-0.15, -0.1) is 0 Å². The summed E-state index contributed by atoms with van der Waals surface area (Å²) < 4.78 is 4.99. The van der Waals surface area contributed by atoms with Crippen LogP contribution >= 0.6 is 0 Å². The van der Waals surface area contributed by atoms with Crippen LogP contribution in [-0.2, 0) is 9.53 Å². The van der Waals surface area contributed by atoms with Gasteiger partial charge in [-0.2, -0.15) is 0 Å². The highest BCUT2D eigenvalue weighted by molar-refractivity contribution is 5.81. The summed E-state index contributed by atoms with van der Waals surface area (Å²) in [6.45, 7) is 7.13. The monoisotopic (exact) mass is 200 g/mol. The molecule has 1 aliphatic rings. The Morgan fingerprint density at radius 2 is 2.29 bits per heavy atom. The molecule has 2 unspecified atom stereocenters. The molecular formula is C10H20N2O2. The fraction of sp³-hybridized carbons (Fsp3) is 0.900. The van der Waals surface area contributed by atoms with Crippen LogP contribution in [0.1, 0.15) is 13.8 Å². The van der Waals surface area contributed by atoms with E-state index in [9.17, 15) is 4.79 Å². The molecule has 4 nitrogen and oxygen atoms in total. The van der Waals surface area contributed by atoms with Crippen LogP contribution in [0.2, 0.25) is 0 Å². The second-order valence-corrected chi connectivity index (χ2v) is 4.01. The summed E-state index contributed by atoms with van der Waals surface area (Å²) >= 11 is 0. The Morgan fingerprint density at radius 3 is 2.93 bits per heavy atom. The van der Waals surface area contributed by atoms with Gasteiger partial charge in [0.15, 0.2) is 0 Å². The van der Waals surface area contributed by atoms with Crippen molar-refractivity contribution in [1.29, 1.82) is 0 Å². The average Bonchev–Trinajstić information content (AvgIpc) is 2.29. The zero-order chi connectivity index (χ0) is 10.6. The molecule has 0 bridgehead atoms. The first-order valence-electron chi connectivity index (χ1n) is 5.16. The zero-order valence-electron chi connectivity index (χ0n) is 9.25. The molecule has 1 heterocycles. The molecule has 0 saturated carbocycles. The normalized spacial score (nSPS) is 29.1. The van der Waals surface area contributed by atoms with Gasteiger partial charge in [0.25, 0.3) is 0 Å². The third-order valence-electron chi connectivity index (χ3n) is 2.55. The number of rotatable bonds is 3. The first kappa shape index (κ1) is 11.5. The van der Waals surface area contributed by atoms with E-state index in [-0.39, 0.29) is 11.9 Å². The maximum Gasteiger partial charge on any atom is 0.239 e. The van der Waals surface area contributed by atoms with E-state index in [1.54, 1.807) is 7.11 Å². The van der Waals surface area contributed by atoms with Crippen molar-refractivity contribution < 1.29 is 9.53 Å². The van der Waals surface area contributed by atoms with Crippen LogP contribution in [0.5, 0.6) is 0 Å². The van der Waals surface area contributed by atoms with E-state index in [0.29, 0.717) is 19.1 Å². The number of ether oxygens (including phenoxy) is 1. The Bertz CT molecular complexity index is 197. The van der Waals surface area contributed by atoms with Crippen LogP contribution in [0.4, 0.5) is 0 Å². The second-order valence-electron chi connectivity index (χ2n) is 4.01. The van der Waals surface area contributed by atoms with Gasteiger partial charge >= 0.3 is 0 Å². The third-order valence-corrected chi connectivity index (χ3v) is 2.55. The number of amides is 1. The summed E-state index contributed by atoms with van der Waals surface area (Å²) in [7, 11) is 1.66. The highest BCUT2D eigenvalue weighted by Crippen LogP contribution is 2.06. The smallest absolute Gasteiger partial charge is 0.239 e. The van der Waals surface area contributed by atoms with Gasteiger partial charge in [0.2, 0.25) is 5.91 Å². The van der Waals surface area contributed by atoms with Gasteiger partial charge in [0.05, 0.1) is 12.6 Å². The van der Waals surface area contributed by atoms with Crippen LogP contribution in [0, 0.1) is 5.92 Å². The first-order chi connectivity index (χ1) is 6.65. The van der Waals surface area contributed by atoms with E-state index in [1.165, 1.54) is 0 Å². The molecule has 14 heavy (non-hydrogen) atoms. The summed E-state index contributed by atoms with van der Waals surface area (Å²) in [5.74, 6) is 0.701. The Labute approximate surface area is 85.6 Å². The van der Waals surface area contributed by atoms with Crippen LogP contribution in [0.3, 0.4) is 0 Å². The fourth-order valence-corrected chi connectivity index (χ4v) is 1.67. The third kappa shape index (κ3) is 2.96. The fourth-order valence-electron chi connectivity index (χ4n) is 1.67. The van der Waals surface area contributed by atoms with E-state index in [4.69, 9.17) is 4.74 Å². The minimum Gasteiger partial charge on any atom is -0.383 e. The topological polar surface area (TPSA) is 41.6 Å². The lowest BCUT2D eigenvalue weighted by molar-refractivity contribution is -0.133. The standard InChI is InChI=1S/C10H20N2O2/c1-8-6-11-9(2)10(13)12(7-8)4-5-14-3/h8-9,11H,4-7H2,1-3H3. The quantitative estimate of drug-likeness (QED) is 0.702. The lowest BCUT2D eigenvalue weighted by Gasteiger charge is -2.23. The van der Waals surface area contributed by atoms with E-state index in [0.717, 1.165) is 13.1 Å². The van der Waals surface area contributed by atoms with Gasteiger partial charge < -0.3 is 15.0 Å². The highest BCUT2D eigenvalue weighted by atomic mass is 16.5. The minimum atomic E-state index is -0.0585. The molecule has 1 fully saturated rings. The molecule has 2 atom stereocenters. The maximum atomic E-state index is 11.8. The maximum absolute atomic E-state index is 11.8. The van der Waals surface area contributed by atoms with Gasteiger partial charge in [-0.1, -0.05) is 6.92 Å². The van der Waals surface area contributed by atoms with Gasteiger partial charge in [0, 0.05) is 26.7 Å². The van der Waals surface area contributed by atoms with E-state index >= 15 is 0 Å². The van der Waals surface area contributed by atoms with Crippen molar-refractivity contribution in [1.82, 2.24) is 10.2 Å². The van der Waals surface area contributed by atoms with Crippen molar-refractivity contribution in [2.75, 3.05) is 33.4 Å². The van der Waals surface area contributed by atoms with Gasteiger partial charge in [-0.3, -0.25) is 4.79 Å². The minimum absolute atomic E-state index is 0.0585. The number of methoxy groups -OCH3 is 1.